The van der Waals surface area contributed by atoms with E-state index >= 15 is 0 Å². The average molecular weight is 465 g/mol. The van der Waals surface area contributed by atoms with Crippen LogP contribution in [0.5, 0.6) is 5.75 Å². The fourth-order valence-corrected chi connectivity index (χ4v) is 4.03. The minimum absolute atomic E-state index is 0.139. The van der Waals surface area contributed by atoms with Gasteiger partial charge in [-0.1, -0.05) is 53.2 Å². The summed E-state index contributed by atoms with van der Waals surface area (Å²) in [7, 11) is 1.85. The van der Waals surface area contributed by atoms with Gasteiger partial charge in [0, 0.05) is 7.05 Å². The van der Waals surface area contributed by atoms with Gasteiger partial charge < -0.3 is 14.6 Å². The van der Waals surface area contributed by atoms with E-state index in [-0.39, 0.29) is 17.8 Å². The van der Waals surface area contributed by atoms with E-state index in [0.717, 1.165) is 11.3 Å². The quantitative estimate of drug-likeness (QED) is 0.460. The summed E-state index contributed by atoms with van der Waals surface area (Å²) < 4.78 is 7.93. The number of benzene rings is 2. The third-order valence-corrected chi connectivity index (χ3v) is 6.30. The third kappa shape index (κ3) is 5.09. The van der Waals surface area contributed by atoms with E-state index in [9.17, 15) is 4.79 Å². The molecule has 0 saturated heterocycles. The number of aryl methyl sites for hydroxylation is 1. The molecule has 1 aromatic heterocycles. The molecule has 0 saturated carbocycles. The largest absolute Gasteiger partial charge is 0.482 e. The lowest BCUT2D eigenvalue weighted by molar-refractivity contribution is -0.113. The van der Waals surface area contributed by atoms with Gasteiger partial charge in [-0.15, -0.1) is 10.2 Å². The zero-order chi connectivity index (χ0) is 21.8. The summed E-state index contributed by atoms with van der Waals surface area (Å²) in [6, 6.07) is 11.0. The summed E-state index contributed by atoms with van der Waals surface area (Å²) >= 11 is 13.5. The van der Waals surface area contributed by atoms with Crippen molar-refractivity contribution >= 4 is 46.6 Å². The van der Waals surface area contributed by atoms with E-state index < -0.39 is 0 Å². The summed E-state index contributed by atoms with van der Waals surface area (Å²) in [6.45, 7) is 6.00. The van der Waals surface area contributed by atoms with Crippen LogP contribution >= 0.6 is 35.0 Å². The smallest absolute Gasteiger partial charge is 0.234 e. The Morgan fingerprint density at radius 1 is 1.17 bits per heavy atom. The van der Waals surface area contributed by atoms with E-state index in [1.807, 2.05) is 50.6 Å². The summed E-state index contributed by atoms with van der Waals surface area (Å²) in [5.74, 6) is 1.39. The highest BCUT2D eigenvalue weighted by molar-refractivity contribution is 7.99. The molecule has 0 aliphatic carbocycles. The molecule has 0 fully saturated rings. The zero-order valence-electron chi connectivity index (χ0n) is 17.1. The molecule has 9 heteroatoms. The number of hydrogen-bond donors (Lipinski definition) is 1. The first kappa shape index (κ1) is 22.5. The molecule has 0 aliphatic rings. The number of nitrogens with one attached hydrogen (secondary N) is 1. The molecule has 1 atom stereocenters. The highest BCUT2D eigenvalue weighted by Gasteiger charge is 2.19. The van der Waals surface area contributed by atoms with Gasteiger partial charge in [-0.3, -0.25) is 4.79 Å². The second-order valence-electron chi connectivity index (χ2n) is 6.79. The minimum Gasteiger partial charge on any atom is -0.482 e. The lowest BCUT2D eigenvalue weighted by atomic mass is 10.1. The van der Waals surface area contributed by atoms with Gasteiger partial charge in [0.25, 0.3) is 0 Å². The molecule has 1 heterocycles. The van der Waals surface area contributed by atoms with Crippen molar-refractivity contribution in [2.75, 3.05) is 11.1 Å². The van der Waals surface area contributed by atoms with Crippen molar-refractivity contribution < 1.29 is 9.53 Å². The summed E-state index contributed by atoms with van der Waals surface area (Å²) in [6.07, 6.45) is -0.298. The molecule has 3 rings (SSSR count). The van der Waals surface area contributed by atoms with Crippen LogP contribution in [0.1, 0.15) is 30.0 Å². The lowest BCUT2D eigenvalue weighted by Crippen LogP contribution is -2.15. The number of carbonyl (C=O) groups excluding carboxylic acids is 1. The van der Waals surface area contributed by atoms with Crippen LogP contribution in [0.3, 0.4) is 0 Å². The van der Waals surface area contributed by atoms with E-state index in [4.69, 9.17) is 27.9 Å². The van der Waals surface area contributed by atoms with E-state index in [1.165, 1.54) is 17.3 Å². The number of para-hydroxylation sites is 1. The molecule has 0 bridgehead atoms. The highest BCUT2D eigenvalue weighted by Crippen LogP contribution is 2.30. The van der Waals surface area contributed by atoms with Gasteiger partial charge in [-0.2, -0.15) is 0 Å². The molecule has 3 aromatic rings. The minimum atomic E-state index is -0.298. The predicted molar refractivity (Wildman–Crippen MR) is 122 cm³/mol. The van der Waals surface area contributed by atoms with Gasteiger partial charge in [0.2, 0.25) is 5.91 Å². The molecular weight excluding hydrogens is 443 g/mol. The van der Waals surface area contributed by atoms with Gasteiger partial charge in [0.1, 0.15) is 5.75 Å². The van der Waals surface area contributed by atoms with Crippen LogP contribution < -0.4 is 10.1 Å². The molecule has 0 aliphatic heterocycles. The van der Waals surface area contributed by atoms with Crippen molar-refractivity contribution in [3.8, 4) is 5.75 Å². The van der Waals surface area contributed by atoms with Gasteiger partial charge in [0.15, 0.2) is 17.1 Å². The van der Waals surface area contributed by atoms with Crippen molar-refractivity contribution in [1.29, 1.82) is 0 Å². The topological polar surface area (TPSA) is 69.0 Å². The van der Waals surface area contributed by atoms with Crippen molar-refractivity contribution in [3.63, 3.8) is 0 Å². The number of amides is 1. The van der Waals surface area contributed by atoms with Crippen molar-refractivity contribution in [2.45, 2.75) is 32.0 Å². The van der Waals surface area contributed by atoms with E-state index in [1.54, 1.807) is 18.2 Å². The van der Waals surface area contributed by atoms with Gasteiger partial charge in [-0.05, 0) is 50.1 Å². The van der Waals surface area contributed by atoms with Gasteiger partial charge in [-0.25, -0.2) is 0 Å². The van der Waals surface area contributed by atoms with Crippen LogP contribution in [-0.4, -0.2) is 26.4 Å². The van der Waals surface area contributed by atoms with Crippen LogP contribution in [0.25, 0.3) is 0 Å². The Balaban J connectivity index is 1.63. The molecule has 6 nitrogen and oxygen atoms in total. The first-order chi connectivity index (χ1) is 14.3. The second kappa shape index (κ2) is 9.73. The number of nitrogens with zero attached hydrogens (tertiary/aromatic N) is 3. The molecule has 2 aromatic carbocycles. The number of carbonyl (C=O) groups is 1. The molecule has 0 radical (unpaired) electrons. The first-order valence-electron chi connectivity index (χ1n) is 9.26. The van der Waals surface area contributed by atoms with Crippen LogP contribution in [0, 0.1) is 13.8 Å². The normalized spacial score (nSPS) is 11.9. The Hall–Kier alpha value is -2.22. The number of thioether (sulfide) groups is 1. The number of hydrogen-bond acceptors (Lipinski definition) is 5. The van der Waals surface area contributed by atoms with E-state index in [0.29, 0.717) is 26.7 Å². The standard InChI is InChI=1S/C21H22Cl2N4O2S/c1-12-7-5-10-17(13(12)2)29-14(3)20-25-26-21(27(20)4)30-11-18(28)24-19-15(22)8-6-9-16(19)23/h5-10,14H,11H2,1-4H3,(H,24,28). The van der Waals surface area contributed by atoms with Crippen LogP contribution in [0.15, 0.2) is 41.6 Å². The number of anilines is 1. The second-order valence-corrected chi connectivity index (χ2v) is 8.55. The van der Waals surface area contributed by atoms with E-state index in [2.05, 4.69) is 15.5 Å². The Kier molecular flexibility index (Phi) is 7.28. The lowest BCUT2D eigenvalue weighted by Gasteiger charge is -2.17. The summed E-state index contributed by atoms with van der Waals surface area (Å²) in [5.41, 5.74) is 2.66. The fourth-order valence-electron chi connectivity index (χ4n) is 2.82. The summed E-state index contributed by atoms with van der Waals surface area (Å²) in [4.78, 5) is 12.3. The van der Waals surface area contributed by atoms with Crippen LogP contribution in [0.4, 0.5) is 5.69 Å². The molecular formula is C21H22Cl2N4O2S. The molecule has 158 valence electrons. The predicted octanol–water partition coefficient (Wildman–Crippen LogP) is 5.61. The monoisotopic (exact) mass is 464 g/mol. The molecule has 1 amide bonds. The Morgan fingerprint density at radius 3 is 2.53 bits per heavy atom. The van der Waals surface area contributed by atoms with Crippen LogP contribution in [-0.2, 0) is 11.8 Å². The molecule has 30 heavy (non-hydrogen) atoms. The maximum absolute atomic E-state index is 12.3. The van der Waals surface area contributed by atoms with Gasteiger partial charge >= 0.3 is 0 Å². The van der Waals surface area contributed by atoms with Crippen molar-refractivity contribution in [2.24, 2.45) is 7.05 Å². The maximum Gasteiger partial charge on any atom is 0.234 e. The molecule has 1 N–H and O–H groups in total. The Bertz CT molecular complexity index is 1050. The SMILES string of the molecule is Cc1cccc(OC(C)c2nnc(SCC(=O)Nc3c(Cl)cccc3Cl)n2C)c1C. The third-order valence-electron chi connectivity index (χ3n) is 4.65. The van der Waals surface area contributed by atoms with Crippen molar-refractivity contribution in [1.82, 2.24) is 14.8 Å². The number of rotatable bonds is 7. The van der Waals surface area contributed by atoms with Crippen molar-refractivity contribution in [3.05, 3.63) is 63.4 Å². The Morgan fingerprint density at radius 2 is 1.83 bits per heavy atom. The zero-order valence-corrected chi connectivity index (χ0v) is 19.4. The van der Waals surface area contributed by atoms with Gasteiger partial charge in [0.05, 0.1) is 21.5 Å². The average Bonchev–Trinajstić information content (AvgIpc) is 3.07. The first-order valence-corrected chi connectivity index (χ1v) is 11.0. The number of halogens is 2. The maximum atomic E-state index is 12.3. The molecule has 0 spiro atoms. The van der Waals surface area contributed by atoms with Crippen LogP contribution in [0.2, 0.25) is 10.0 Å². The number of ether oxygens (including phenoxy) is 1. The fraction of sp³-hybridized carbons (Fsp3) is 0.286. The Labute approximate surface area is 189 Å². The summed E-state index contributed by atoms with van der Waals surface area (Å²) in [5, 5.41) is 12.6. The number of aromatic nitrogens is 3. The molecule has 1 unspecified atom stereocenters. The highest BCUT2D eigenvalue weighted by atomic mass is 35.5.